The fourth-order valence-corrected chi connectivity index (χ4v) is 2.62. The van der Waals surface area contributed by atoms with Crippen LogP contribution < -0.4 is 0 Å². The SMILES string of the molecule is Cc1ccc([C@H]2[C@H](C(=O)c3ccccc3)N2C)cc1. The molecule has 1 aliphatic heterocycles. The van der Waals surface area contributed by atoms with E-state index in [4.69, 9.17) is 0 Å². The summed E-state index contributed by atoms with van der Waals surface area (Å²) in [7, 11) is 2.01. The van der Waals surface area contributed by atoms with Gasteiger partial charge < -0.3 is 0 Å². The normalized spacial score (nSPS) is 25.1. The highest BCUT2D eigenvalue weighted by Gasteiger charge is 2.50. The van der Waals surface area contributed by atoms with Gasteiger partial charge >= 0.3 is 0 Å². The van der Waals surface area contributed by atoms with Crippen LogP contribution >= 0.6 is 0 Å². The first-order valence-electron chi connectivity index (χ1n) is 6.56. The molecule has 0 spiro atoms. The van der Waals surface area contributed by atoms with Gasteiger partial charge in [0, 0.05) is 5.56 Å². The summed E-state index contributed by atoms with van der Waals surface area (Å²) in [5, 5.41) is 0. The number of Topliss-reactive ketones (excluding diaryl/α,β-unsaturated/α-hetero) is 1. The maximum absolute atomic E-state index is 12.4. The van der Waals surface area contributed by atoms with Crippen molar-refractivity contribution in [1.29, 1.82) is 0 Å². The number of likely N-dealkylation sites (N-methyl/N-ethyl adjacent to an activating group) is 1. The van der Waals surface area contributed by atoms with Crippen molar-refractivity contribution in [3.8, 4) is 0 Å². The Morgan fingerprint density at radius 1 is 1.00 bits per heavy atom. The Kier molecular flexibility index (Phi) is 2.96. The highest BCUT2D eigenvalue weighted by atomic mass is 16.1. The van der Waals surface area contributed by atoms with E-state index in [1.807, 2.05) is 37.4 Å². The first-order valence-corrected chi connectivity index (χ1v) is 6.56. The molecule has 0 bridgehead atoms. The summed E-state index contributed by atoms with van der Waals surface area (Å²) in [5.74, 6) is 0.216. The van der Waals surface area contributed by atoms with E-state index in [-0.39, 0.29) is 17.9 Å². The predicted octanol–water partition coefficient (Wildman–Crippen LogP) is 3.23. The van der Waals surface area contributed by atoms with Crippen LogP contribution in [0.4, 0.5) is 0 Å². The monoisotopic (exact) mass is 251 g/mol. The minimum Gasteiger partial charge on any atom is -0.292 e. The second-order valence-electron chi connectivity index (χ2n) is 5.20. The molecule has 0 amide bonds. The van der Waals surface area contributed by atoms with Crippen molar-refractivity contribution in [1.82, 2.24) is 4.90 Å². The smallest absolute Gasteiger partial charge is 0.181 e. The first-order chi connectivity index (χ1) is 9.18. The quantitative estimate of drug-likeness (QED) is 0.616. The van der Waals surface area contributed by atoms with Gasteiger partial charge in [-0.2, -0.15) is 0 Å². The molecule has 0 aromatic heterocycles. The van der Waals surface area contributed by atoms with Crippen LogP contribution in [-0.2, 0) is 0 Å². The third-order valence-electron chi connectivity index (χ3n) is 3.83. The van der Waals surface area contributed by atoms with Crippen molar-refractivity contribution in [2.45, 2.75) is 19.0 Å². The lowest BCUT2D eigenvalue weighted by molar-refractivity contribution is 0.0977. The van der Waals surface area contributed by atoms with Crippen LogP contribution in [0, 0.1) is 6.92 Å². The van der Waals surface area contributed by atoms with Gasteiger partial charge in [-0.25, -0.2) is 0 Å². The van der Waals surface area contributed by atoms with Crippen molar-refractivity contribution < 1.29 is 4.79 Å². The number of ketones is 1. The average Bonchev–Trinajstić information content (AvgIpc) is 3.11. The van der Waals surface area contributed by atoms with E-state index in [1.165, 1.54) is 11.1 Å². The molecule has 2 aromatic carbocycles. The van der Waals surface area contributed by atoms with Gasteiger partial charge in [-0.3, -0.25) is 9.69 Å². The van der Waals surface area contributed by atoms with Gasteiger partial charge in [-0.05, 0) is 19.5 Å². The fraction of sp³-hybridized carbons (Fsp3) is 0.235. The highest BCUT2D eigenvalue weighted by Crippen LogP contribution is 2.42. The molecule has 2 heteroatoms. The molecule has 0 N–H and O–H groups in total. The molecule has 3 atom stereocenters. The molecule has 1 heterocycles. The number of rotatable bonds is 3. The Bertz CT molecular complexity index is 588. The molecular weight excluding hydrogens is 234 g/mol. The van der Waals surface area contributed by atoms with Crippen molar-refractivity contribution >= 4 is 5.78 Å². The minimum absolute atomic E-state index is 0.00916. The Morgan fingerprint density at radius 2 is 1.63 bits per heavy atom. The molecule has 2 nitrogen and oxygen atoms in total. The average molecular weight is 251 g/mol. The number of nitrogens with zero attached hydrogens (tertiary/aromatic N) is 1. The molecule has 1 saturated heterocycles. The lowest BCUT2D eigenvalue weighted by Gasteiger charge is -1.99. The van der Waals surface area contributed by atoms with Crippen molar-refractivity contribution in [3.63, 3.8) is 0 Å². The summed E-state index contributed by atoms with van der Waals surface area (Å²) in [6.45, 7) is 2.08. The van der Waals surface area contributed by atoms with E-state index in [9.17, 15) is 4.79 Å². The van der Waals surface area contributed by atoms with Crippen molar-refractivity contribution in [3.05, 3.63) is 71.3 Å². The van der Waals surface area contributed by atoms with E-state index >= 15 is 0 Å². The Morgan fingerprint density at radius 3 is 2.26 bits per heavy atom. The van der Waals surface area contributed by atoms with Crippen LogP contribution in [0.3, 0.4) is 0 Å². The second-order valence-corrected chi connectivity index (χ2v) is 5.20. The summed E-state index contributed by atoms with van der Waals surface area (Å²) in [6.07, 6.45) is 0. The van der Waals surface area contributed by atoms with Crippen molar-refractivity contribution in [2.24, 2.45) is 0 Å². The molecule has 0 saturated carbocycles. The molecule has 0 aliphatic carbocycles. The number of carbonyl (C=O) groups is 1. The minimum atomic E-state index is -0.00916. The Balaban J connectivity index is 1.81. The summed E-state index contributed by atoms with van der Waals surface area (Å²) < 4.78 is 0. The lowest BCUT2D eigenvalue weighted by Crippen LogP contribution is -2.11. The molecule has 1 fully saturated rings. The first kappa shape index (κ1) is 12.1. The largest absolute Gasteiger partial charge is 0.292 e. The number of hydrogen-bond acceptors (Lipinski definition) is 2. The molecule has 96 valence electrons. The maximum atomic E-state index is 12.4. The van der Waals surface area contributed by atoms with Crippen LogP contribution in [0.2, 0.25) is 0 Å². The summed E-state index contributed by atoms with van der Waals surface area (Å²) in [4.78, 5) is 14.6. The van der Waals surface area contributed by atoms with Gasteiger partial charge in [-0.1, -0.05) is 60.2 Å². The van der Waals surface area contributed by atoms with E-state index in [0.717, 1.165) is 5.56 Å². The van der Waals surface area contributed by atoms with Crippen molar-refractivity contribution in [2.75, 3.05) is 7.05 Å². The third-order valence-corrected chi connectivity index (χ3v) is 3.83. The molecule has 0 radical (unpaired) electrons. The van der Waals surface area contributed by atoms with Gasteiger partial charge in [0.25, 0.3) is 0 Å². The summed E-state index contributed by atoms with van der Waals surface area (Å²) in [5.41, 5.74) is 3.27. The van der Waals surface area contributed by atoms with E-state index in [2.05, 4.69) is 36.1 Å². The zero-order chi connectivity index (χ0) is 13.4. The standard InChI is InChI=1S/C17H17NO/c1-12-8-10-13(11-9-12)15-16(18(15)2)17(19)14-6-4-3-5-7-14/h3-11,15-16H,1-2H3/t15-,16+,18?/m0/s1. The van der Waals surface area contributed by atoms with Crippen LogP contribution in [0.5, 0.6) is 0 Å². The number of carbonyl (C=O) groups excluding carboxylic acids is 1. The summed E-state index contributed by atoms with van der Waals surface area (Å²) >= 11 is 0. The van der Waals surface area contributed by atoms with Crippen LogP contribution in [-0.4, -0.2) is 23.8 Å². The number of benzene rings is 2. The lowest BCUT2D eigenvalue weighted by atomic mass is 10.0. The topological polar surface area (TPSA) is 20.1 Å². The Hall–Kier alpha value is -1.93. The van der Waals surface area contributed by atoms with Gasteiger partial charge in [0.2, 0.25) is 0 Å². The zero-order valence-corrected chi connectivity index (χ0v) is 11.2. The predicted molar refractivity (Wildman–Crippen MR) is 76.2 cm³/mol. The fourth-order valence-electron chi connectivity index (χ4n) is 2.62. The third kappa shape index (κ3) is 2.20. The highest BCUT2D eigenvalue weighted by molar-refractivity contribution is 6.02. The van der Waals surface area contributed by atoms with Crippen LogP contribution in [0.15, 0.2) is 54.6 Å². The second kappa shape index (κ2) is 4.63. The van der Waals surface area contributed by atoms with E-state index in [0.29, 0.717) is 0 Å². The summed E-state index contributed by atoms with van der Waals surface area (Å²) in [6, 6.07) is 18.2. The van der Waals surface area contributed by atoms with Gasteiger partial charge in [0.05, 0.1) is 12.1 Å². The molecule has 3 rings (SSSR count). The number of aryl methyl sites for hydroxylation is 1. The Labute approximate surface area is 113 Å². The van der Waals surface area contributed by atoms with Gasteiger partial charge in [-0.15, -0.1) is 0 Å². The van der Waals surface area contributed by atoms with E-state index < -0.39 is 0 Å². The molecule has 1 unspecified atom stereocenters. The van der Waals surface area contributed by atoms with E-state index in [1.54, 1.807) is 0 Å². The van der Waals surface area contributed by atoms with Crippen LogP contribution in [0.1, 0.15) is 27.5 Å². The molecule has 1 aliphatic rings. The molecule has 2 aromatic rings. The molecule has 19 heavy (non-hydrogen) atoms. The van der Waals surface area contributed by atoms with Crippen LogP contribution in [0.25, 0.3) is 0 Å². The van der Waals surface area contributed by atoms with Gasteiger partial charge in [0.1, 0.15) is 0 Å². The van der Waals surface area contributed by atoms with Gasteiger partial charge in [0.15, 0.2) is 5.78 Å². The maximum Gasteiger partial charge on any atom is 0.181 e. The number of hydrogen-bond donors (Lipinski definition) is 0. The molecular formula is C17H17NO. The zero-order valence-electron chi connectivity index (χ0n) is 11.2.